The van der Waals surface area contributed by atoms with Crippen molar-refractivity contribution in [3.8, 4) is 5.75 Å². The van der Waals surface area contributed by atoms with Crippen LogP contribution in [0.3, 0.4) is 0 Å². The van der Waals surface area contributed by atoms with Gasteiger partial charge in [-0.2, -0.15) is 0 Å². The standard InChI is InChI=1S/C16H23NO2/c1-3-6-14-7-4-5-10-17(14)16(19)13-8-9-15(18)12(2)11-13/h8-9,11,14,18H,3-7,10H2,1-2H3. The maximum Gasteiger partial charge on any atom is 0.254 e. The molecule has 0 aliphatic carbocycles. The van der Waals surface area contributed by atoms with Crippen molar-refractivity contribution in [3.63, 3.8) is 0 Å². The molecule has 19 heavy (non-hydrogen) atoms. The maximum absolute atomic E-state index is 12.6. The molecule has 1 heterocycles. The first-order chi connectivity index (χ1) is 9.13. The van der Waals surface area contributed by atoms with Crippen LogP contribution in [0.15, 0.2) is 18.2 Å². The van der Waals surface area contributed by atoms with E-state index in [2.05, 4.69) is 6.92 Å². The van der Waals surface area contributed by atoms with E-state index in [0.29, 0.717) is 11.6 Å². The summed E-state index contributed by atoms with van der Waals surface area (Å²) in [5.41, 5.74) is 1.45. The zero-order chi connectivity index (χ0) is 13.8. The van der Waals surface area contributed by atoms with Crippen LogP contribution in [0.1, 0.15) is 54.9 Å². The molecular formula is C16H23NO2. The summed E-state index contributed by atoms with van der Waals surface area (Å²) in [6.45, 7) is 4.86. The summed E-state index contributed by atoms with van der Waals surface area (Å²) in [6.07, 6.45) is 5.65. The van der Waals surface area contributed by atoms with Crippen LogP contribution in [-0.2, 0) is 0 Å². The Morgan fingerprint density at radius 1 is 1.42 bits per heavy atom. The van der Waals surface area contributed by atoms with Crippen molar-refractivity contribution in [2.75, 3.05) is 6.54 Å². The Balaban J connectivity index is 2.18. The number of carbonyl (C=O) groups is 1. The van der Waals surface area contributed by atoms with Crippen LogP contribution in [0.5, 0.6) is 5.75 Å². The number of aromatic hydroxyl groups is 1. The van der Waals surface area contributed by atoms with Crippen molar-refractivity contribution in [1.29, 1.82) is 0 Å². The molecule has 1 aromatic rings. The van der Waals surface area contributed by atoms with E-state index in [1.165, 1.54) is 6.42 Å². The Hall–Kier alpha value is -1.51. The number of piperidine rings is 1. The molecule has 1 atom stereocenters. The van der Waals surface area contributed by atoms with E-state index in [1.807, 2.05) is 11.8 Å². The number of hydrogen-bond acceptors (Lipinski definition) is 2. The highest BCUT2D eigenvalue weighted by Gasteiger charge is 2.26. The van der Waals surface area contributed by atoms with Crippen molar-refractivity contribution in [2.45, 2.75) is 52.0 Å². The Labute approximate surface area is 115 Å². The average Bonchev–Trinajstić information content (AvgIpc) is 2.42. The minimum Gasteiger partial charge on any atom is -0.508 e. The lowest BCUT2D eigenvalue weighted by atomic mass is 9.97. The summed E-state index contributed by atoms with van der Waals surface area (Å²) in [5.74, 6) is 0.363. The smallest absolute Gasteiger partial charge is 0.254 e. The van der Waals surface area contributed by atoms with Gasteiger partial charge in [0.15, 0.2) is 0 Å². The van der Waals surface area contributed by atoms with Gasteiger partial charge in [-0.15, -0.1) is 0 Å². The third kappa shape index (κ3) is 3.09. The summed E-state index contributed by atoms with van der Waals surface area (Å²) in [4.78, 5) is 14.6. The zero-order valence-corrected chi connectivity index (χ0v) is 11.9. The second kappa shape index (κ2) is 6.09. The number of phenols is 1. The molecule has 0 aromatic heterocycles. The van der Waals surface area contributed by atoms with Crippen LogP contribution in [-0.4, -0.2) is 28.5 Å². The van der Waals surface area contributed by atoms with Crippen LogP contribution in [0.25, 0.3) is 0 Å². The highest BCUT2D eigenvalue weighted by atomic mass is 16.3. The van der Waals surface area contributed by atoms with E-state index >= 15 is 0 Å². The van der Waals surface area contributed by atoms with Gasteiger partial charge in [-0.05, 0) is 56.4 Å². The summed E-state index contributed by atoms with van der Waals surface area (Å²) in [5, 5.41) is 9.55. The molecule has 0 bridgehead atoms. The fourth-order valence-corrected chi connectivity index (χ4v) is 2.86. The van der Waals surface area contributed by atoms with Gasteiger partial charge >= 0.3 is 0 Å². The topological polar surface area (TPSA) is 40.5 Å². The van der Waals surface area contributed by atoms with Gasteiger partial charge in [-0.1, -0.05) is 13.3 Å². The number of likely N-dealkylation sites (tertiary alicyclic amines) is 1. The number of nitrogens with zero attached hydrogens (tertiary/aromatic N) is 1. The number of hydrogen-bond donors (Lipinski definition) is 1. The molecule has 3 nitrogen and oxygen atoms in total. The Morgan fingerprint density at radius 3 is 2.89 bits per heavy atom. The molecule has 3 heteroatoms. The third-order valence-electron chi connectivity index (χ3n) is 3.95. The minimum absolute atomic E-state index is 0.112. The number of rotatable bonds is 3. The van der Waals surface area contributed by atoms with E-state index in [9.17, 15) is 9.90 Å². The van der Waals surface area contributed by atoms with E-state index in [0.717, 1.165) is 37.8 Å². The number of amides is 1. The van der Waals surface area contributed by atoms with E-state index in [1.54, 1.807) is 18.2 Å². The summed E-state index contributed by atoms with van der Waals surface area (Å²) in [7, 11) is 0. The molecule has 1 aliphatic rings. The van der Waals surface area contributed by atoms with Crippen molar-refractivity contribution >= 4 is 5.91 Å². The van der Waals surface area contributed by atoms with Gasteiger partial charge < -0.3 is 10.0 Å². The lowest BCUT2D eigenvalue weighted by Gasteiger charge is -2.36. The molecule has 1 N–H and O–H groups in total. The van der Waals surface area contributed by atoms with Crippen LogP contribution in [0.4, 0.5) is 0 Å². The number of aryl methyl sites for hydroxylation is 1. The van der Waals surface area contributed by atoms with Crippen molar-refractivity contribution in [1.82, 2.24) is 4.90 Å². The lowest BCUT2D eigenvalue weighted by molar-refractivity contribution is 0.0600. The average molecular weight is 261 g/mol. The SMILES string of the molecule is CCCC1CCCCN1C(=O)c1ccc(O)c(C)c1. The number of benzene rings is 1. The Morgan fingerprint density at radius 2 is 2.21 bits per heavy atom. The summed E-state index contributed by atoms with van der Waals surface area (Å²) in [6, 6.07) is 5.51. The Bertz CT molecular complexity index is 454. The first-order valence-corrected chi connectivity index (χ1v) is 7.24. The molecule has 1 aromatic carbocycles. The van der Waals surface area contributed by atoms with Gasteiger partial charge in [0.05, 0.1) is 0 Å². The normalized spacial score (nSPS) is 19.5. The second-order valence-corrected chi connectivity index (χ2v) is 5.44. The van der Waals surface area contributed by atoms with Gasteiger partial charge in [-0.25, -0.2) is 0 Å². The van der Waals surface area contributed by atoms with Gasteiger partial charge in [0.25, 0.3) is 5.91 Å². The predicted molar refractivity (Wildman–Crippen MR) is 76.4 cm³/mol. The lowest BCUT2D eigenvalue weighted by Crippen LogP contribution is -2.43. The van der Waals surface area contributed by atoms with E-state index < -0.39 is 0 Å². The first kappa shape index (κ1) is 13.9. The monoisotopic (exact) mass is 261 g/mol. The van der Waals surface area contributed by atoms with Crippen LogP contribution >= 0.6 is 0 Å². The largest absolute Gasteiger partial charge is 0.508 e. The number of carbonyl (C=O) groups excluding carboxylic acids is 1. The minimum atomic E-state index is 0.112. The molecule has 1 aliphatic heterocycles. The van der Waals surface area contributed by atoms with E-state index in [-0.39, 0.29) is 11.7 Å². The molecule has 0 spiro atoms. The predicted octanol–water partition coefficient (Wildman–Crippen LogP) is 3.50. The van der Waals surface area contributed by atoms with Gasteiger partial charge in [0.2, 0.25) is 0 Å². The molecule has 1 unspecified atom stereocenters. The number of phenolic OH excluding ortho intramolecular Hbond substituents is 1. The zero-order valence-electron chi connectivity index (χ0n) is 11.9. The molecule has 2 rings (SSSR count). The molecule has 0 radical (unpaired) electrons. The first-order valence-electron chi connectivity index (χ1n) is 7.24. The van der Waals surface area contributed by atoms with Crippen molar-refractivity contribution < 1.29 is 9.90 Å². The molecular weight excluding hydrogens is 238 g/mol. The summed E-state index contributed by atoms with van der Waals surface area (Å²) < 4.78 is 0. The Kier molecular flexibility index (Phi) is 4.46. The van der Waals surface area contributed by atoms with Crippen LogP contribution in [0.2, 0.25) is 0 Å². The van der Waals surface area contributed by atoms with Crippen LogP contribution < -0.4 is 0 Å². The van der Waals surface area contributed by atoms with E-state index in [4.69, 9.17) is 0 Å². The molecule has 1 amide bonds. The fourth-order valence-electron chi connectivity index (χ4n) is 2.86. The maximum atomic E-state index is 12.6. The third-order valence-corrected chi connectivity index (χ3v) is 3.95. The summed E-state index contributed by atoms with van der Waals surface area (Å²) >= 11 is 0. The quantitative estimate of drug-likeness (QED) is 0.904. The van der Waals surface area contributed by atoms with Gasteiger partial charge in [0.1, 0.15) is 5.75 Å². The molecule has 1 fully saturated rings. The fraction of sp³-hybridized carbons (Fsp3) is 0.562. The van der Waals surface area contributed by atoms with Crippen LogP contribution in [0, 0.1) is 6.92 Å². The van der Waals surface area contributed by atoms with Crippen molar-refractivity contribution in [2.24, 2.45) is 0 Å². The molecule has 1 saturated heterocycles. The van der Waals surface area contributed by atoms with Gasteiger partial charge in [0, 0.05) is 18.2 Å². The highest BCUT2D eigenvalue weighted by molar-refractivity contribution is 5.94. The second-order valence-electron chi connectivity index (χ2n) is 5.44. The molecule has 0 saturated carbocycles. The highest BCUT2D eigenvalue weighted by Crippen LogP contribution is 2.24. The van der Waals surface area contributed by atoms with Gasteiger partial charge in [-0.3, -0.25) is 4.79 Å². The molecule has 104 valence electrons. The van der Waals surface area contributed by atoms with Crippen molar-refractivity contribution in [3.05, 3.63) is 29.3 Å².